The van der Waals surface area contributed by atoms with Crippen LogP contribution >= 0.6 is 0 Å². The Bertz CT molecular complexity index is 346. The van der Waals surface area contributed by atoms with Gasteiger partial charge in [0.05, 0.1) is 13.2 Å². The van der Waals surface area contributed by atoms with Crippen molar-refractivity contribution in [2.75, 3.05) is 7.11 Å². The monoisotopic (exact) mass is 237 g/mol. The zero-order chi connectivity index (χ0) is 12.8. The molecule has 0 amide bonds. The fraction of sp³-hybridized carbons (Fsp3) is 0.571. The molecule has 0 fully saturated rings. The van der Waals surface area contributed by atoms with E-state index < -0.39 is 0 Å². The van der Waals surface area contributed by atoms with Gasteiger partial charge in [0.15, 0.2) is 11.5 Å². The number of hydrogen-bond acceptors (Lipinski definition) is 3. The van der Waals surface area contributed by atoms with E-state index in [-0.39, 0.29) is 12.1 Å². The molecule has 96 valence electrons. The quantitative estimate of drug-likeness (QED) is 0.825. The van der Waals surface area contributed by atoms with Crippen LogP contribution < -0.4 is 15.2 Å². The summed E-state index contributed by atoms with van der Waals surface area (Å²) in [5, 5.41) is 0. The smallest absolute Gasteiger partial charge is 0.161 e. The highest BCUT2D eigenvalue weighted by molar-refractivity contribution is 5.43. The van der Waals surface area contributed by atoms with Crippen LogP contribution in [0.4, 0.5) is 0 Å². The number of rotatable bonds is 6. The fourth-order valence-corrected chi connectivity index (χ4v) is 1.70. The predicted octanol–water partition coefficient (Wildman–Crippen LogP) is 3.28. The highest BCUT2D eigenvalue weighted by Gasteiger charge is 2.11. The first kappa shape index (κ1) is 13.8. The van der Waals surface area contributed by atoms with E-state index in [9.17, 15) is 0 Å². The lowest BCUT2D eigenvalue weighted by Gasteiger charge is -2.19. The normalized spacial score (nSPS) is 12.6. The molecule has 0 spiro atoms. The molecule has 0 radical (unpaired) electrons. The van der Waals surface area contributed by atoms with Crippen molar-refractivity contribution in [2.24, 2.45) is 5.73 Å². The largest absolute Gasteiger partial charge is 0.493 e. The minimum Gasteiger partial charge on any atom is -0.493 e. The first-order valence-electron chi connectivity index (χ1n) is 6.22. The predicted molar refractivity (Wildman–Crippen MR) is 70.6 cm³/mol. The van der Waals surface area contributed by atoms with Gasteiger partial charge in [0.25, 0.3) is 0 Å². The molecule has 1 aromatic carbocycles. The molecular weight excluding hydrogens is 214 g/mol. The molecule has 0 unspecified atom stereocenters. The van der Waals surface area contributed by atoms with Crippen molar-refractivity contribution in [1.29, 1.82) is 0 Å². The van der Waals surface area contributed by atoms with E-state index in [0.29, 0.717) is 0 Å². The fourth-order valence-electron chi connectivity index (χ4n) is 1.70. The lowest BCUT2D eigenvalue weighted by atomic mass is 10.1. The van der Waals surface area contributed by atoms with E-state index in [1.54, 1.807) is 7.11 Å². The van der Waals surface area contributed by atoms with Crippen LogP contribution in [0.2, 0.25) is 0 Å². The third-order valence-electron chi connectivity index (χ3n) is 2.92. The summed E-state index contributed by atoms with van der Waals surface area (Å²) in [5.41, 5.74) is 6.90. The molecule has 17 heavy (non-hydrogen) atoms. The molecule has 1 atom stereocenters. The van der Waals surface area contributed by atoms with Gasteiger partial charge in [-0.1, -0.05) is 19.9 Å². The van der Waals surface area contributed by atoms with Crippen molar-refractivity contribution >= 4 is 0 Å². The molecule has 0 heterocycles. The zero-order valence-electron chi connectivity index (χ0n) is 11.2. The molecule has 3 nitrogen and oxygen atoms in total. The van der Waals surface area contributed by atoms with Crippen LogP contribution in [0.25, 0.3) is 0 Å². The summed E-state index contributed by atoms with van der Waals surface area (Å²) in [6.45, 7) is 6.20. The van der Waals surface area contributed by atoms with E-state index in [1.807, 2.05) is 25.1 Å². The maximum Gasteiger partial charge on any atom is 0.161 e. The van der Waals surface area contributed by atoms with Crippen molar-refractivity contribution in [3.8, 4) is 11.5 Å². The molecule has 0 bridgehead atoms. The van der Waals surface area contributed by atoms with Crippen LogP contribution in [0, 0.1) is 0 Å². The van der Waals surface area contributed by atoms with Crippen LogP contribution in [0.5, 0.6) is 11.5 Å². The van der Waals surface area contributed by atoms with Gasteiger partial charge in [-0.3, -0.25) is 0 Å². The van der Waals surface area contributed by atoms with Crippen LogP contribution in [0.1, 0.15) is 45.2 Å². The number of nitrogens with two attached hydrogens (primary N) is 1. The van der Waals surface area contributed by atoms with E-state index >= 15 is 0 Å². The molecule has 3 heteroatoms. The molecule has 1 aromatic rings. The topological polar surface area (TPSA) is 44.5 Å². The maximum absolute atomic E-state index is 5.90. The van der Waals surface area contributed by atoms with E-state index in [0.717, 1.165) is 29.9 Å². The minimum atomic E-state index is 0.00565. The zero-order valence-corrected chi connectivity index (χ0v) is 11.2. The van der Waals surface area contributed by atoms with Crippen LogP contribution in [-0.4, -0.2) is 13.2 Å². The van der Waals surface area contributed by atoms with Gasteiger partial charge in [0.2, 0.25) is 0 Å². The summed E-state index contributed by atoms with van der Waals surface area (Å²) in [7, 11) is 1.65. The molecular formula is C14H23NO2. The average molecular weight is 237 g/mol. The minimum absolute atomic E-state index is 0.00565. The van der Waals surface area contributed by atoms with Gasteiger partial charge in [-0.15, -0.1) is 0 Å². The second-order valence-corrected chi connectivity index (χ2v) is 4.26. The van der Waals surface area contributed by atoms with E-state index in [4.69, 9.17) is 15.2 Å². The lowest BCUT2D eigenvalue weighted by Crippen LogP contribution is -2.14. The summed E-state index contributed by atoms with van der Waals surface area (Å²) >= 11 is 0. The Morgan fingerprint density at radius 1 is 1.18 bits per heavy atom. The maximum atomic E-state index is 5.90. The van der Waals surface area contributed by atoms with Gasteiger partial charge in [0.1, 0.15) is 0 Å². The molecule has 1 rings (SSSR count). The van der Waals surface area contributed by atoms with Gasteiger partial charge < -0.3 is 15.2 Å². The first-order chi connectivity index (χ1) is 8.12. The molecule has 0 aliphatic carbocycles. The van der Waals surface area contributed by atoms with Gasteiger partial charge in [-0.2, -0.15) is 0 Å². The Labute approximate surface area is 104 Å². The van der Waals surface area contributed by atoms with Crippen molar-refractivity contribution in [3.05, 3.63) is 23.8 Å². The third kappa shape index (κ3) is 3.63. The Kier molecular flexibility index (Phi) is 5.29. The Morgan fingerprint density at radius 2 is 1.82 bits per heavy atom. The Hall–Kier alpha value is -1.22. The number of ether oxygens (including phenoxy) is 2. The summed E-state index contributed by atoms with van der Waals surface area (Å²) in [4.78, 5) is 0. The molecule has 0 aliphatic heterocycles. The second kappa shape index (κ2) is 6.50. The molecule has 2 N–H and O–H groups in total. The highest BCUT2D eigenvalue weighted by atomic mass is 16.5. The summed E-state index contributed by atoms with van der Waals surface area (Å²) in [6.07, 6.45) is 2.23. The average Bonchev–Trinajstić information content (AvgIpc) is 2.35. The summed E-state index contributed by atoms with van der Waals surface area (Å²) in [5.74, 6) is 1.55. The van der Waals surface area contributed by atoms with Crippen molar-refractivity contribution < 1.29 is 9.47 Å². The van der Waals surface area contributed by atoms with Crippen molar-refractivity contribution in [1.82, 2.24) is 0 Å². The molecule has 0 aliphatic rings. The third-order valence-corrected chi connectivity index (χ3v) is 2.92. The van der Waals surface area contributed by atoms with Crippen molar-refractivity contribution in [2.45, 2.75) is 45.8 Å². The van der Waals surface area contributed by atoms with Crippen molar-refractivity contribution in [3.63, 3.8) is 0 Å². The molecule has 0 aromatic heterocycles. The number of benzene rings is 1. The molecule has 0 saturated carbocycles. The van der Waals surface area contributed by atoms with E-state index in [1.165, 1.54) is 0 Å². The van der Waals surface area contributed by atoms with Gasteiger partial charge >= 0.3 is 0 Å². The summed E-state index contributed by atoms with van der Waals surface area (Å²) < 4.78 is 11.2. The highest BCUT2D eigenvalue weighted by Crippen LogP contribution is 2.31. The van der Waals surface area contributed by atoms with Gasteiger partial charge in [0, 0.05) is 6.04 Å². The first-order valence-corrected chi connectivity index (χ1v) is 6.22. The number of hydrogen-bond donors (Lipinski definition) is 1. The van der Waals surface area contributed by atoms with Gasteiger partial charge in [-0.25, -0.2) is 0 Å². The van der Waals surface area contributed by atoms with Crippen LogP contribution in [-0.2, 0) is 0 Å². The number of methoxy groups -OCH3 is 1. The van der Waals surface area contributed by atoms with Gasteiger partial charge in [-0.05, 0) is 37.5 Å². The second-order valence-electron chi connectivity index (χ2n) is 4.26. The SMILES string of the molecule is CCC(CC)Oc1ccc([C@H](C)N)cc1OC. The lowest BCUT2D eigenvalue weighted by molar-refractivity contribution is 0.185. The van der Waals surface area contributed by atoms with Crippen LogP contribution in [0.3, 0.4) is 0 Å². The Morgan fingerprint density at radius 3 is 2.29 bits per heavy atom. The summed E-state index contributed by atoms with van der Waals surface area (Å²) in [6, 6.07) is 5.88. The Balaban J connectivity index is 2.92. The van der Waals surface area contributed by atoms with E-state index in [2.05, 4.69) is 13.8 Å². The molecule has 0 saturated heterocycles. The van der Waals surface area contributed by atoms with Crippen LogP contribution in [0.15, 0.2) is 18.2 Å². The standard InChI is InChI=1S/C14H23NO2/c1-5-12(6-2)17-13-8-7-11(10(3)15)9-14(13)16-4/h7-10,12H,5-6,15H2,1-4H3/t10-/m0/s1.